The fraction of sp³-hybridized carbons (Fsp3) is 0.500. The number of hydrogen-bond acceptors (Lipinski definition) is 5. The normalized spacial score (nSPS) is 9.96. The first-order valence-corrected chi connectivity index (χ1v) is 7.58. The Morgan fingerprint density at radius 3 is 1.92 bits per heavy atom. The second kappa shape index (κ2) is 12.0. The van der Waals surface area contributed by atoms with Gasteiger partial charge in [-0.3, -0.25) is 10.1 Å². The van der Waals surface area contributed by atoms with Crippen LogP contribution in [-0.2, 0) is 16.0 Å². The summed E-state index contributed by atoms with van der Waals surface area (Å²) in [5, 5.41) is 25.3. The molecule has 0 amide bonds. The van der Waals surface area contributed by atoms with Crippen molar-refractivity contribution in [1.82, 2.24) is 4.90 Å². The van der Waals surface area contributed by atoms with E-state index in [4.69, 9.17) is 19.8 Å². The molecule has 2 N–H and O–H groups in total. The fourth-order valence-corrected chi connectivity index (χ4v) is 1.90. The maximum atomic E-state index is 10.5. The quantitative estimate of drug-likeness (QED) is 0.322. The molecule has 24 heavy (non-hydrogen) atoms. The van der Waals surface area contributed by atoms with Gasteiger partial charge >= 0.3 is 11.9 Å². The highest BCUT2D eigenvalue weighted by Gasteiger charge is 2.04. The Morgan fingerprint density at radius 2 is 1.50 bits per heavy atom. The van der Waals surface area contributed by atoms with Crippen molar-refractivity contribution in [1.29, 1.82) is 0 Å². The van der Waals surface area contributed by atoms with Crippen molar-refractivity contribution in [2.45, 2.75) is 32.1 Å². The van der Waals surface area contributed by atoms with Crippen LogP contribution in [0, 0.1) is 10.1 Å². The topological polar surface area (TPSA) is 121 Å². The van der Waals surface area contributed by atoms with Crippen LogP contribution in [0.1, 0.15) is 31.2 Å². The van der Waals surface area contributed by atoms with Gasteiger partial charge in [-0.25, -0.2) is 9.59 Å². The summed E-state index contributed by atoms with van der Waals surface area (Å²) >= 11 is 0. The highest BCUT2D eigenvalue weighted by atomic mass is 16.6. The lowest BCUT2D eigenvalue weighted by molar-refractivity contribution is -0.384. The Bertz CT molecular complexity index is 516. The third kappa shape index (κ3) is 11.1. The number of hydrogen-bond donors (Lipinski definition) is 2. The molecule has 0 bridgehead atoms. The molecule has 0 aliphatic rings. The van der Waals surface area contributed by atoms with E-state index in [2.05, 4.69) is 19.0 Å². The summed E-state index contributed by atoms with van der Waals surface area (Å²) in [4.78, 5) is 30.5. The summed E-state index contributed by atoms with van der Waals surface area (Å²) in [6.45, 7) is 1.15. The standard InChI is InChI=1S/C14H22N2O2.C2H2O4/c1-15(2)12-6-4-3-5-7-13-8-10-14(11-9-13)16(17)18;3-1(4)2(5)6/h8-11H,3-7,12H2,1-2H3;(H,3,4)(H,5,6). The van der Waals surface area contributed by atoms with Crippen molar-refractivity contribution < 1.29 is 24.7 Å². The van der Waals surface area contributed by atoms with Crippen molar-refractivity contribution in [2.24, 2.45) is 0 Å². The van der Waals surface area contributed by atoms with Crippen molar-refractivity contribution in [3.05, 3.63) is 39.9 Å². The van der Waals surface area contributed by atoms with Crippen LogP contribution in [0.2, 0.25) is 0 Å². The van der Waals surface area contributed by atoms with Crippen molar-refractivity contribution >= 4 is 17.6 Å². The average molecular weight is 340 g/mol. The minimum atomic E-state index is -1.82. The predicted octanol–water partition coefficient (Wildman–Crippen LogP) is 2.41. The number of benzene rings is 1. The van der Waals surface area contributed by atoms with Gasteiger partial charge in [-0.15, -0.1) is 0 Å². The highest BCUT2D eigenvalue weighted by Crippen LogP contribution is 2.14. The Labute approximate surface area is 140 Å². The molecule has 134 valence electrons. The smallest absolute Gasteiger partial charge is 0.414 e. The van der Waals surface area contributed by atoms with Gasteiger partial charge in [-0.05, 0) is 45.5 Å². The molecule has 1 aromatic carbocycles. The third-order valence-electron chi connectivity index (χ3n) is 3.15. The second-order valence-corrected chi connectivity index (χ2v) is 5.50. The van der Waals surface area contributed by atoms with Gasteiger partial charge in [0.15, 0.2) is 0 Å². The number of carboxylic acids is 2. The number of nitro benzene ring substituents is 1. The van der Waals surface area contributed by atoms with Crippen LogP contribution in [-0.4, -0.2) is 52.6 Å². The van der Waals surface area contributed by atoms with Crippen LogP contribution < -0.4 is 0 Å². The highest BCUT2D eigenvalue weighted by molar-refractivity contribution is 6.27. The summed E-state index contributed by atoms with van der Waals surface area (Å²) in [5.74, 6) is -3.65. The Hall–Kier alpha value is -2.48. The Morgan fingerprint density at radius 1 is 1.00 bits per heavy atom. The van der Waals surface area contributed by atoms with Gasteiger partial charge in [-0.2, -0.15) is 0 Å². The molecule has 0 aliphatic carbocycles. The van der Waals surface area contributed by atoms with Gasteiger partial charge in [0.1, 0.15) is 0 Å². The molecule has 0 radical (unpaired) electrons. The molecule has 1 rings (SSSR count). The van der Waals surface area contributed by atoms with E-state index in [9.17, 15) is 10.1 Å². The molecule has 0 saturated carbocycles. The van der Waals surface area contributed by atoms with Gasteiger partial charge in [0.05, 0.1) is 4.92 Å². The molecule has 0 atom stereocenters. The number of rotatable bonds is 8. The zero-order valence-electron chi connectivity index (χ0n) is 14.0. The van der Waals surface area contributed by atoms with Crippen LogP contribution in [0.15, 0.2) is 24.3 Å². The molecule has 0 spiro atoms. The van der Waals surface area contributed by atoms with E-state index in [1.54, 1.807) is 12.1 Å². The molecule has 8 nitrogen and oxygen atoms in total. The Balaban J connectivity index is 0.000000754. The number of aryl methyl sites for hydroxylation is 1. The maximum absolute atomic E-state index is 10.5. The average Bonchev–Trinajstić information content (AvgIpc) is 2.51. The third-order valence-corrected chi connectivity index (χ3v) is 3.15. The molecule has 0 fully saturated rings. The Kier molecular flexibility index (Phi) is 10.8. The molecule has 8 heteroatoms. The molecule has 1 aromatic rings. The summed E-state index contributed by atoms with van der Waals surface area (Å²) in [6, 6.07) is 6.89. The van der Waals surface area contributed by atoms with Gasteiger partial charge in [0.2, 0.25) is 0 Å². The number of aliphatic carboxylic acids is 2. The molecule has 0 unspecified atom stereocenters. The van der Waals surface area contributed by atoms with Crippen LogP contribution in [0.25, 0.3) is 0 Å². The summed E-state index contributed by atoms with van der Waals surface area (Å²) < 4.78 is 0. The number of carbonyl (C=O) groups is 2. The molecule has 0 aromatic heterocycles. The number of nitrogens with zero attached hydrogens (tertiary/aromatic N) is 2. The fourth-order valence-electron chi connectivity index (χ4n) is 1.90. The van der Waals surface area contributed by atoms with Crippen LogP contribution in [0.4, 0.5) is 5.69 Å². The van der Waals surface area contributed by atoms with Crippen LogP contribution in [0.5, 0.6) is 0 Å². The lowest BCUT2D eigenvalue weighted by Crippen LogP contribution is -2.12. The monoisotopic (exact) mass is 340 g/mol. The summed E-state index contributed by atoms with van der Waals surface area (Å²) in [7, 11) is 4.19. The number of nitro groups is 1. The number of unbranched alkanes of at least 4 members (excludes halogenated alkanes) is 3. The van der Waals surface area contributed by atoms with E-state index in [0.717, 1.165) is 19.4 Å². The van der Waals surface area contributed by atoms with Crippen molar-refractivity contribution in [3.8, 4) is 0 Å². The number of non-ortho nitro benzene ring substituents is 1. The van der Waals surface area contributed by atoms with E-state index in [1.807, 2.05) is 12.1 Å². The summed E-state index contributed by atoms with van der Waals surface area (Å²) in [6.07, 6.45) is 5.90. The molecule has 0 heterocycles. The predicted molar refractivity (Wildman–Crippen MR) is 89.1 cm³/mol. The maximum Gasteiger partial charge on any atom is 0.414 e. The van der Waals surface area contributed by atoms with E-state index < -0.39 is 11.9 Å². The lowest BCUT2D eigenvalue weighted by atomic mass is 10.1. The van der Waals surface area contributed by atoms with E-state index >= 15 is 0 Å². The summed E-state index contributed by atoms with van der Waals surface area (Å²) in [5.41, 5.74) is 1.36. The zero-order chi connectivity index (χ0) is 18.5. The number of carboxylic acid groups (broad SMARTS) is 2. The molecule has 0 saturated heterocycles. The minimum absolute atomic E-state index is 0.171. The van der Waals surface area contributed by atoms with Crippen molar-refractivity contribution in [2.75, 3.05) is 20.6 Å². The van der Waals surface area contributed by atoms with Crippen molar-refractivity contribution in [3.63, 3.8) is 0 Å². The van der Waals surface area contributed by atoms with Gasteiger partial charge in [0.25, 0.3) is 5.69 Å². The first-order chi connectivity index (χ1) is 11.2. The molecular formula is C16H24N2O6. The van der Waals surface area contributed by atoms with Crippen LogP contribution in [0.3, 0.4) is 0 Å². The lowest BCUT2D eigenvalue weighted by Gasteiger charge is -2.08. The SMILES string of the molecule is CN(C)CCCCCCc1ccc([N+](=O)[O-])cc1.O=C(O)C(=O)O. The van der Waals surface area contributed by atoms with Gasteiger partial charge < -0.3 is 15.1 Å². The van der Waals surface area contributed by atoms with Gasteiger partial charge in [0, 0.05) is 12.1 Å². The second-order valence-electron chi connectivity index (χ2n) is 5.50. The van der Waals surface area contributed by atoms with E-state index in [0.29, 0.717) is 0 Å². The van der Waals surface area contributed by atoms with Crippen LogP contribution >= 0.6 is 0 Å². The zero-order valence-corrected chi connectivity index (χ0v) is 14.0. The first kappa shape index (κ1) is 21.5. The largest absolute Gasteiger partial charge is 0.473 e. The molecule has 0 aliphatic heterocycles. The van der Waals surface area contributed by atoms with Gasteiger partial charge in [-0.1, -0.05) is 25.0 Å². The first-order valence-electron chi connectivity index (χ1n) is 7.58. The molecular weight excluding hydrogens is 316 g/mol. The van der Waals surface area contributed by atoms with E-state index in [1.165, 1.54) is 24.8 Å². The minimum Gasteiger partial charge on any atom is -0.473 e. The van der Waals surface area contributed by atoms with E-state index in [-0.39, 0.29) is 10.6 Å².